The normalized spacial score (nSPS) is 25.8. The van der Waals surface area contributed by atoms with Crippen LogP contribution in [0.2, 0.25) is 0 Å². The van der Waals surface area contributed by atoms with Gasteiger partial charge in [-0.15, -0.1) is 0 Å². The van der Waals surface area contributed by atoms with E-state index >= 15 is 0 Å². The summed E-state index contributed by atoms with van der Waals surface area (Å²) in [5.41, 5.74) is 0.709. The summed E-state index contributed by atoms with van der Waals surface area (Å²) in [5, 5.41) is 14.5. The summed E-state index contributed by atoms with van der Waals surface area (Å²) in [6, 6.07) is 9.94. The van der Waals surface area contributed by atoms with Crippen molar-refractivity contribution in [3.05, 3.63) is 42.7 Å². The van der Waals surface area contributed by atoms with Crippen LogP contribution in [0.3, 0.4) is 0 Å². The maximum absolute atomic E-state index is 12.2. The van der Waals surface area contributed by atoms with E-state index in [4.69, 9.17) is 4.74 Å². The first-order valence-electron chi connectivity index (χ1n) is 8.62. The van der Waals surface area contributed by atoms with Gasteiger partial charge in [0.25, 0.3) is 0 Å². The average Bonchev–Trinajstić information content (AvgIpc) is 3.26. The summed E-state index contributed by atoms with van der Waals surface area (Å²) in [4.78, 5) is 12.2. The predicted octanol–water partition coefficient (Wildman–Crippen LogP) is 3.45. The van der Waals surface area contributed by atoms with Gasteiger partial charge < -0.3 is 9.84 Å². The van der Waals surface area contributed by atoms with E-state index in [1.54, 1.807) is 10.9 Å². The molecule has 2 aromatic rings. The third-order valence-corrected chi connectivity index (χ3v) is 5.58. The zero-order valence-electron chi connectivity index (χ0n) is 13.6. The molecular formula is C19H22N2O3. The van der Waals surface area contributed by atoms with E-state index in [0.717, 1.165) is 36.8 Å². The lowest BCUT2D eigenvalue weighted by Crippen LogP contribution is -2.53. The summed E-state index contributed by atoms with van der Waals surface area (Å²) in [6.07, 6.45) is 8.73. The number of rotatable bonds is 3. The van der Waals surface area contributed by atoms with Gasteiger partial charge in [0.05, 0.1) is 18.4 Å². The Morgan fingerprint density at radius 1 is 1.12 bits per heavy atom. The molecule has 1 aromatic carbocycles. The molecule has 2 heterocycles. The lowest BCUT2D eigenvalue weighted by molar-refractivity contribution is -0.169. The molecule has 1 spiro atoms. The van der Waals surface area contributed by atoms with Crippen LogP contribution in [0.25, 0.3) is 11.1 Å². The molecule has 1 N–H and O–H groups in total. The van der Waals surface area contributed by atoms with Crippen molar-refractivity contribution in [3.8, 4) is 11.1 Å². The smallest absolute Gasteiger partial charge is 0.331 e. The van der Waals surface area contributed by atoms with Gasteiger partial charge in [-0.05, 0) is 18.4 Å². The van der Waals surface area contributed by atoms with Gasteiger partial charge in [0, 0.05) is 24.6 Å². The molecule has 1 unspecified atom stereocenters. The Bertz CT molecular complexity index is 734. The molecule has 2 aliphatic rings. The van der Waals surface area contributed by atoms with Gasteiger partial charge in [-0.1, -0.05) is 43.2 Å². The van der Waals surface area contributed by atoms with Crippen LogP contribution in [-0.4, -0.2) is 33.1 Å². The van der Waals surface area contributed by atoms with Gasteiger partial charge in [0.2, 0.25) is 0 Å². The molecule has 5 heteroatoms. The molecule has 1 aromatic heterocycles. The monoisotopic (exact) mass is 326 g/mol. The number of carbonyl (C=O) groups is 1. The van der Waals surface area contributed by atoms with E-state index in [1.807, 2.05) is 36.5 Å². The van der Waals surface area contributed by atoms with Crippen molar-refractivity contribution >= 4 is 5.97 Å². The van der Waals surface area contributed by atoms with Crippen molar-refractivity contribution in [2.45, 2.75) is 49.7 Å². The number of benzene rings is 1. The fourth-order valence-corrected chi connectivity index (χ4v) is 4.26. The second-order valence-corrected chi connectivity index (χ2v) is 7.04. The van der Waals surface area contributed by atoms with Crippen LogP contribution in [0.1, 0.15) is 38.5 Å². The molecule has 0 amide bonds. The van der Waals surface area contributed by atoms with Crippen LogP contribution in [0.15, 0.2) is 42.7 Å². The Morgan fingerprint density at radius 2 is 1.88 bits per heavy atom. The fourth-order valence-electron chi connectivity index (χ4n) is 4.26. The molecule has 1 aliphatic heterocycles. The van der Waals surface area contributed by atoms with Crippen molar-refractivity contribution in [2.75, 3.05) is 6.61 Å². The molecule has 4 rings (SSSR count). The zero-order valence-corrected chi connectivity index (χ0v) is 13.6. The highest BCUT2D eigenvalue weighted by Crippen LogP contribution is 2.46. The summed E-state index contributed by atoms with van der Waals surface area (Å²) in [7, 11) is 0. The third-order valence-electron chi connectivity index (χ3n) is 5.58. The van der Waals surface area contributed by atoms with Crippen molar-refractivity contribution in [2.24, 2.45) is 0 Å². The van der Waals surface area contributed by atoms with E-state index in [0.29, 0.717) is 19.4 Å². The zero-order chi connectivity index (χ0) is 16.6. The molecule has 1 atom stereocenters. The lowest BCUT2D eigenvalue weighted by Gasteiger charge is -2.44. The van der Waals surface area contributed by atoms with Gasteiger partial charge >= 0.3 is 5.97 Å². The molecule has 2 fully saturated rings. The highest BCUT2D eigenvalue weighted by molar-refractivity contribution is 5.77. The van der Waals surface area contributed by atoms with Gasteiger partial charge in [-0.3, -0.25) is 4.68 Å². The van der Waals surface area contributed by atoms with Crippen LogP contribution in [0, 0.1) is 0 Å². The van der Waals surface area contributed by atoms with Crippen LogP contribution in [0.4, 0.5) is 0 Å². The van der Waals surface area contributed by atoms with Gasteiger partial charge in [0.15, 0.2) is 5.54 Å². The largest absolute Gasteiger partial charge is 0.479 e. The van der Waals surface area contributed by atoms with Gasteiger partial charge in [-0.2, -0.15) is 5.10 Å². The molecule has 0 radical (unpaired) electrons. The summed E-state index contributed by atoms with van der Waals surface area (Å²) < 4.78 is 7.71. The van der Waals surface area contributed by atoms with Crippen LogP contribution in [0.5, 0.6) is 0 Å². The fraction of sp³-hybridized carbons (Fsp3) is 0.474. The standard InChI is InChI=1S/C19H22N2O3/c22-17(23)19(10-11-24-18(14-19)8-4-5-9-18)21-13-16(12-20-21)15-6-2-1-3-7-15/h1-3,6-7,12-13H,4-5,8-11,14H2,(H,22,23). The second kappa shape index (κ2) is 5.74. The molecular weight excluding hydrogens is 304 g/mol. The summed E-state index contributed by atoms with van der Waals surface area (Å²) in [6.45, 7) is 0.479. The first-order chi connectivity index (χ1) is 11.6. The first-order valence-corrected chi connectivity index (χ1v) is 8.62. The second-order valence-electron chi connectivity index (χ2n) is 7.04. The molecule has 5 nitrogen and oxygen atoms in total. The number of carboxylic acid groups (broad SMARTS) is 1. The number of aliphatic carboxylic acids is 1. The summed E-state index contributed by atoms with van der Waals surface area (Å²) in [5.74, 6) is -0.806. The van der Waals surface area contributed by atoms with Crippen LogP contribution in [-0.2, 0) is 15.1 Å². The highest BCUT2D eigenvalue weighted by Gasteiger charge is 2.53. The van der Waals surface area contributed by atoms with E-state index in [9.17, 15) is 9.90 Å². The SMILES string of the molecule is O=C(O)C1(n2cc(-c3ccccc3)cn2)CCOC2(CCCC2)C1. The minimum absolute atomic E-state index is 0.282. The lowest BCUT2D eigenvalue weighted by atomic mass is 9.78. The van der Waals surface area contributed by atoms with E-state index in [2.05, 4.69) is 5.10 Å². The Labute approximate surface area is 141 Å². The Balaban J connectivity index is 1.71. The van der Waals surface area contributed by atoms with Gasteiger partial charge in [0.1, 0.15) is 0 Å². The molecule has 24 heavy (non-hydrogen) atoms. The van der Waals surface area contributed by atoms with Gasteiger partial charge in [-0.25, -0.2) is 4.79 Å². The van der Waals surface area contributed by atoms with Crippen molar-refractivity contribution < 1.29 is 14.6 Å². The topological polar surface area (TPSA) is 64.3 Å². The molecule has 1 aliphatic carbocycles. The Hall–Kier alpha value is -2.14. The maximum atomic E-state index is 12.2. The highest BCUT2D eigenvalue weighted by atomic mass is 16.5. The number of hydrogen-bond acceptors (Lipinski definition) is 3. The molecule has 126 valence electrons. The Kier molecular flexibility index (Phi) is 3.68. The number of aromatic nitrogens is 2. The molecule has 1 saturated heterocycles. The average molecular weight is 326 g/mol. The number of nitrogens with zero attached hydrogens (tertiary/aromatic N) is 2. The summed E-state index contributed by atoms with van der Waals surface area (Å²) >= 11 is 0. The van der Waals surface area contributed by atoms with Crippen molar-refractivity contribution in [3.63, 3.8) is 0 Å². The van der Waals surface area contributed by atoms with E-state index in [1.165, 1.54) is 0 Å². The third kappa shape index (κ3) is 2.44. The Morgan fingerprint density at radius 3 is 2.58 bits per heavy atom. The van der Waals surface area contributed by atoms with E-state index < -0.39 is 11.5 Å². The maximum Gasteiger partial charge on any atom is 0.331 e. The first kappa shape index (κ1) is 15.4. The number of hydrogen-bond donors (Lipinski definition) is 1. The minimum atomic E-state index is -1.00. The van der Waals surface area contributed by atoms with E-state index in [-0.39, 0.29) is 5.60 Å². The van der Waals surface area contributed by atoms with Crippen molar-refractivity contribution in [1.82, 2.24) is 9.78 Å². The predicted molar refractivity (Wildman–Crippen MR) is 89.7 cm³/mol. The van der Waals surface area contributed by atoms with Crippen LogP contribution >= 0.6 is 0 Å². The quantitative estimate of drug-likeness (QED) is 0.938. The molecule has 1 saturated carbocycles. The number of ether oxygens (including phenoxy) is 1. The number of carboxylic acids is 1. The minimum Gasteiger partial charge on any atom is -0.479 e. The molecule has 0 bridgehead atoms. The van der Waals surface area contributed by atoms with Crippen molar-refractivity contribution in [1.29, 1.82) is 0 Å². The van der Waals surface area contributed by atoms with Crippen LogP contribution < -0.4 is 0 Å².